The molecule has 0 aliphatic heterocycles. The van der Waals surface area contributed by atoms with Gasteiger partial charge in [0.15, 0.2) is 0 Å². The number of hydrogen-bond acceptors (Lipinski definition) is 0. The van der Waals surface area contributed by atoms with Crippen molar-refractivity contribution in [1.82, 2.24) is 0 Å². The molecule has 1 unspecified atom stereocenters. The molecule has 2 aliphatic rings. The standard InChI is InChI=1S/C19H25Si.3CH3.Ti/c1-15-17(13-16-9-7-8-12-19(15)16)14-20(2,3)18-10-5-4-6-11-18;;;;/h4-6,10-11,15H,7-9,12,14H2,1-3H3;3*1H3;. The van der Waals surface area contributed by atoms with Gasteiger partial charge in [0.25, 0.3) is 0 Å². The summed E-state index contributed by atoms with van der Waals surface area (Å²) in [7, 11) is -1.43. The Kier molecular flexibility index (Phi) is 5.18. The second-order valence-electron chi connectivity index (χ2n) is 9.51. The second kappa shape index (κ2) is 6.74. The molecule has 3 rings (SSSR count). The predicted octanol–water partition coefficient (Wildman–Crippen LogP) is 6.67. The molecule has 0 N–H and O–H groups in total. The molecule has 0 aromatic heterocycles. The summed E-state index contributed by atoms with van der Waals surface area (Å²) in [5.74, 6) is 0.732. The summed E-state index contributed by atoms with van der Waals surface area (Å²) in [5, 5.41) is 9.46. The maximum absolute atomic E-state index is 2.61. The van der Waals surface area contributed by atoms with Crippen molar-refractivity contribution < 1.29 is 16.6 Å². The quantitative estimate of drug-likeness (QED) is 0.516. The van der Waals surface area contributed by atoms with Crippen LogP contribution in [0.15, 0.2) is 50.9 Å². The van der Waals surface area contributed by atoms with E-state index in [9.17, 15) is 0 Å². The fraction of sp³-hybridized carbons (Fsp3) is 0.545. The predicted molar refractivity (Wildman–Crippen MR) is 108 cm³/mol. The molecule has 0 amide bonds. The molecule has 0 heterocycles. The van der Waals surface area contributed by atoms with E-state index in [0.29, 0.717) is 0 Å². The van der Waals surface area contributed by atoms with Gasteiger partial charge >= 0.3 is 154 Å². The summed E-state index contributed by atoms with van der Waals surface area (Å²) in [6, 6.07) is 12.7. The van der Waals surface area contributed by atoms with Crippen LogP contribution >= 0.6 is 0 Å². The van der Waals surface area contributed by atoms with E-state index in [1.54, 1.807) is 5.19 Å². The van der Waals surface area contributed by atoms with Crippen molar-refractivity contribution in [2.24, 2.45) is 5.92 Å². The molecule has 130 valence electrons. The minimum atomic E-state index is -1.84. The van der Waals surface area contributed by atoms with Gasteiger partial charge in [-0.15, -0.1) is 0 Å². The summed E-state index contributed by atoms with van der Waals surface area (Å²) >= 11 is -1.84. The van der Waals surface area contributed by atoms with E-state index in [1.807, 2.05) is 20.6 Å². The Bertz CT molecular complexity index is 674. The zero-order valence-electron chi connectivity index (χ0n) is 16.5. The van der Waals surface area contributed by atoms with Gasteiger partial charge < -0.3 is 0 Å². The summed E-state index contributed by atoms with van der Waals surface area (Å²) in [5.41, 5.74) is 5.55. The van der Waals surface area contributed by atoms with Crippen molar-refractivity contribution in [3.63, 3.8) is 0 Å². The number of benzene rings is 1. The molecular formula is C22H34SiTi. The van der Waals surface area contributed by atoms with Crippen LogP contribution in [0, 0.1) is 5.92 Å². The van der Waals surface area contributed by atoms with Crippen molar-refractivity contribution in [2.75, 3.05) is 0 Å². The average molecular weight is 374 g/mol. The summed E-state index contributed by atoms with van der Waals surface area (Å²) < 4.78 is 1.92. The first-order valence-corrected chi connectivity index (χ1v) is 18.4. The fourth-order valence-corrected chi connectivity index (χ4v) is 11.8. The van der Waals surface area contributed by atoms with Crippen molar-refractivity contribution in [3.05, 3.63) is 50.9 Å². The average Bonchev–Trinajstić information content (AvgIpc) is 2.81. The Hall–Kier alpha value is -0.369. The zero-order chi connectivity index (χ0) is 17.5. The second-order valence-corrected chi connectivity index (χ2v) is 22.0. The SMILES string of the molecule is CC1C2=C(CCCC2)[C]([Ti]([CH3])([CH3])[CH3])=C1C[Si](C)(C)c1ccccc1. The summed E-state index contributed by atoms with van der Waals surface area (Å²) in [6.45, 7) is 7.67. The van der Waals surface area contributed by atoms with Gasteiger partial charge in [-0.1, -0.05) is 0 Å². The molecule has 0 bridgehead atoms. The van der Waals surface area contributed by atoms with Gasteiger partial charge in [0.2, 0.25) is 0 Å². The van der Waals surface area contributed by atoms with Gasteiger partial charge in [-0.2, -0.15) is 0 Å². The Morgan fingerprint density at radius 2 is 1.62 bits per heavy atom. The van der Waals surface area contributed by atoms with Gasteiger partial charge in [0.05, 0.1) is 0 Å². The molecule has 0 spiro atoms. The van der Waals surface area contributed by atoms with E-state index >= 15 is 0 Å². The number of allylic oxidation sites excluding steroid dienone is 4. The maximum atomic E-state index is 2.61. The number of hydrogen-bond donors (Lipinski definition) is 0. The van der Waals surface area contributed by atoms with E-state index < -0.39 is 24.7 Å². The fourth-order valence-electron chi connectivity index (χ4n) is 4.96. The normalized spacial score (nSPS) is 22.2. The first kappa shape index (κ1) is 18.4. The molecule has 0 radical (unpaired) electrons. The number of rotatable bonds is 4. The van der Waals surface area contributed by atoms with E-state index in [0.717, 1.165) is 5.92 Å². The molecule has 0 saturated carbocycles. The molecule has 1 aromatic rings. The van der Waals surface area contributed by atoms with Crippen molar-refractivity contribution in [2.45, 2.75) is 67.4 Å². The minimum absolute atomic E-state index is 0.732. The molecule has 0 saturated heterocycles. The van der Waals surface area contributed by atoms with E-state index in [1.165, 1.54) is 31.7 Å². The summed E-state index contributed by atoms with van der Waals surface area (Å²) in [4.78, 5) is 0. The molecule has 0 fully saturated rings. The Labute approximate surface area is 153 Å². The van der Waals surface area contributed by atoms with Crippen LogP contribution in [0.1, 0.15) is 32.6 Å². The van der Waals surface area contributed by atoms with Crippen LogP contribution in [-0.2, 0) is 16.6 Å². The first-order chi connectivity index (χ1) is 11.2. The molecule has 24 heavy (non-hydrogen) atoms. The van der Waals surface area contributed by atoms with Crippen LogP contribution in [0.5, 0.6) is 0 Å². The van der Waals surface area contributed by atoms with E-state index in [2.05, 4.69) is 66.0 Å². The third-order valence-electron chi connectivity index (χ3n) is 6.12. The van der Waals surface area contributed by atoms with Crippen LogP contribution in [0.2, 0.25) is 34.8 Å². The Morgan fingerprint density at radius 3 is 2.25 bits per heavy atom. The van der Waals surface area contributed by atoms with Crippen LogP contribution in [0.25, 0.3) is 0 Å². The molecular weight excluding hydrogens is 340 g/mol. The van der Waals surface area contributed by atoms with Crippen molar-refractivity contribution in [3.8, 4) is 0 Å². The third-order valence-corrected chi connectivity index (χ3v) is 12.6. The van der Waals surface area contributed by atoms with Gasteiger partial charge in [-0.25, -0.2) is 0 Å². The van der Waals surface area contributed by atoms with E-state index in [4.69, 9.17) is 0 Å². The molecule has 1 atom stereocenters. The molecule has 0 nitrogen and oxygen atoms in total. The van der Waals surface area contributed by atoms with E-state index in [-0.39, 0.29) is 0 Å². The topological polar surface area (TPSA) is 0 Å². The van der Waals surface area contributed by atoms with Crippen LogP contribution in [-0.4, -0.2) is 8.07 Å². The molecule has 1 aromatic carbocycles. The van der Waals surface area contributed by atoms with Gasteiger partial charge in [-0.05, 0) is 0 Å². The summed E-state index contributed by atoms with van der Waals surface area (Å²) in [6.07, 6.45) is 5.57. The monoisotopic (exact) mass is 374 g/mol. The Morgan fingerprint density at radius 1 is 1.00 bits per heavy atom. The third kappa shape index (κ3) is 3.45. The zero-order valence-corrected chi connectivity index (χ0v) is 19.1. The van der Waals surface area contributed by atoms with Gasteiger partial charge in [-0.3, -0.25) is 0 Å². The van der Waals surface area contributed by atoms with Crippen LogP contribution < -0.4 is 5.19 Å². The molecule has 2 aliphatic carbocycles. The first-order valence-electron chi connectivity index (χ1n) is 9.73. The van der Waals surface area contributed by atoms with Crippen LogP contribution in [0.4, 0.5) is 0 Å². The molecule has 2 heteroatoms. The van der Waals surface area contributed by atoms with Gasteiger partial charge in [0.1, 0.15) is 0 Å². The van der Waals surface area contributed by atoms with Crippen molar-refractivity contribution in [1.29, 1.82) is 0 Å². The van der Waals surface area contributed by atoms with Gasteiger partial charge in [0, 0.05) is 0 Å². The Balaban J connectivity index is 2.01. The van der Waals surface area contributed by atoms with Crippen molar-refractivity contribution >= 4 is 13.3 Å². The van der Waals surface area contributed by atoms with Crippen LogP contribution in [0.3, 0.4) is 0 Å².